The first-order chi connectivity index (χ1) is 8.41. The monoisotopic (exact) mass is 263 g/mol. The number of hydrogen-bond donors (Lipinski definition) is 1. The second-order valence-corrected chi connectivity index (χ2v) is 3.42. The molecule has 2 N–H and O–H groups in total. The third-order valence-electron chi connectivity index (χ3n) is 2.26. The predicted molar refractivity (Wildman–Crippen MR) is 52.8 cm³/mol. The van der Waals surface area contributed by atoms with E-state index in [1.807, 2.05) is 0 Å². The summed E-state index contributed by atoms with van der Waals surface area (Å²) in [6.45, 7) is 0. The highest BCUT2D eigenvalue weighted by Crippen LogP contribution is 2.28. The summed E-state index contributed by atoms with van der Waals surface area (Å²) >= 11 is 0. The minimum Gasteiger partial charge on any atom is -0.396 e. The number of halogens is 5. The third kappa shape index (κ3) is 1.89. The Hall–Kier alpha value is -2.12. The highest BCUT2D eigenvalue weighted by Gasteiger charge is 2.21. The second-order valence-electron chi connectivity index (χ2n) is 3.42. The van der Waals surface area contributed by atoms with E-state index in [1.165, 1.54) is 0 Å². The van der Waals surface area contributed by atoms with Crippen molar-refractivity contribution >= 4 is 5.69 Å². The van der Waals surface area contributed by atoms with Crippen molar-refractivity contribution in [2.75, 3.05) is 5.73 Å². The number of alkyl halides is 2. The van der Waals surface area contributed by atoms with E-state index in [0.717, 1.165) is 6.20 Å². The van der Waals surface area contributed by atoms with Gasteiger partial charge in [0.05, 0.1) is 17.6 Å². The molecule has 0 amide bonds. The Kier molecular flexibility index (Phi) is 2.93. The smallest absolute Gasteiger partial charge is 0.282 e. The van der Waals surface area contributed by atoms with E-state index in [9.17, 15) is 22.0 Å². The van der Waals surface area contributed by atoms with E-state index in [2.05, 4.69) is 5.10 Å². The molecule has 8 heteroatoms. The molecule has 0 saturated heterocycles. The van der Waals surface area contributed by atoms with Crippen molar-refractivity contribution in [3.63, 3.8) is 0 Å². The van der Waals surface area contributed by atoms with Crippen LogP contribution < -0.4 is 5.73 Å². The van der Waals surface area contributed by atoms with Gasteiger partial charge in [-0.05, 0) is 0 Å². The van der Waals surface area contributed by atoms with Gasteiger partial charge in [0.1, 0.15) is 5.69 Å². The normalized spacial score (nSPS) is 11.2. The summed E-state index contributed by atoms with van der Waals surface area (Å²) in [4.78, 5) is 0. The summed E-state index contributed by atoms with van der Waals surface area (Å²) < 4.78 is 64.7. The van der Waals surface area contributed by atoms with Crippen LogP contribution in [0.4, 0.5) is 27.6 Å². The first kappa shape index (κ1) is 12.3. The van der Waals surface area contributed by atoms with Gasteiger partial charge in [-0.15, -0.1) is 0 Å². The van der Waals surface area contributed by atoms with Gasteiger partial charge in [-0.2, -0.15) is 5.10 Å². The number of anilines is 1. The number of hydrogen-bond acceptors (Lipinski definition) is 2. The molecule has 0 aliphatic carbocycles. The predicted octanol–water partition coefficient (Wildman–Crippen LogP) is 2.81. The van der Waals surface area contributed by atoms with Gasteiger partial charge < -0.3 is 5.73 Å². The zero-order chi connectivity index (χ0) is 13.4. The molecular formula is C10H6F5N3. The highest BCUT2D eigenvalue weighted by molar-refractivity contribution is 5.47. The Bertz CT molecular complexity index is 570. The molecule has 0 atom stereocenters. The molecule has 2 rings (SSSR count). The molecule has 3 nitrogen and oxygen atoms in total. The summed E-state index contributed by atoms with van der Waals surface area (Å²) in [5.41, 5.74) is 3.85. The number of rotatable bonds is 2. The van der Waals surface area contributed by atoms with Gasteiger partial charge >= 0.3 is 0 Å². The van der Waals surface area contributed by atoms with Crippen LogP contribution in [0.3, 0.4) is 0 Å². The quantitative estimate of drug-likeness (QED) is 0.668. The van der Waals surface area contributed by atoms with Crippen molar-refractivity contribution in [2.45, 2.75) is 6.43 Å². The number of nitrogen functional groups attached to an aromatic ring is 1. The van der Waals surface area contributed by atoms with Crippen LogP contribution in [0.1, 0.15) is 12.1 Å². The van der Waals surface area contributed by atoms with Gasteiger partial charge in [0, 0.05) is 12.1 Å². The zero-order valence-electron chi connectivity index (χ0n) is 8.67. The van der Waals surface area contributed by atoms with Crippen molar-refractivity contribution in [2.24, 2.45) is 0 Å². The van der Waals surface area contributed by atoms with Crippen LogP contribution >= 0.6 is 0 Å². The fourth-order valence-electron chi connectivity index (χ4n) is 1.46. The molecule has 18 heavy (non-hydrogen) atoms. The SMILES string of the molecule is Nc1cnn(-c2cc(F)c(F)c(F)c2)c1C(F)F. The first-order valence-corrected chi connectivity index (χ1v) is 4.68. The number of nitrogens with two attached hydrogens (primary N) is 1. The second kappa shape index (κ2) is 4.28. The van der Waals surface area contributed by atoms with Gasteiger partial charge in [0.15, 0.2) is 17.5 Å². The maximum atomic E-state index is 13.0. The molecule has 0 saturated carbocycles. The van der Waals surface area contributed by atoms with Crippen LogP contribution in [0, 0.1) is 17.5 Å². The Labute approximate surface area is 97.6 Å². The Morgan fingerprint density at radius 2 is 1.67 bits per heavy atom. The molecule has 2 aromatic rings. The lowest BCUT2D eigenvalue weighted by atomic mass is 10.2. The van der Waals surface area contributed by atoms with Crippen molar-refractivity contribution in [3.8, 4) is 5.69 Å². The summed E-state index contributed by atoms with van der Waals surface area (Å²) in [7, 11) is 0. The molecular weight excluding hydrogens is 257 g/mol. The molecule has 96 valence electrons. The lowest BCUT2D eigenvalue weighted by Crippen LogP contribution is -2.06. The minimum atomic E-state index is -2.98. The van der Waals surface area contributed by atoms with Crippen LogP contribution in [0.15, 0.2) is 18.3 Å². The molecule has 0 aliphatic rings. The largest absolute Gasteiger partial charge is 0.396 e. The third-order valence-corrected chi connectivity index (χ3v) is 2.26. The molecule has 0 bridgehead atoms. The van der Waals surface area contributed by atoms with Crippen molar-refractivity contribution in [3.05, 3.63) is 41.5 Å². The summed E-state index contributed by atoms with van der Waals surface area (Å²) in [6.07, 6.45) is -2.07. The average Bonchev–Trinajstić information content (AvgIpc) is 2.67. The Morgan fingerprint density at radius 3 is 2.17 bits per heavy atom. The Balaban J connectivity index is 2.63. The van der Waals surface area contributed by atoms with Gasteiger partial charge in [0.2, 0.25) is 0 Å². The molecule has 0 aliphatic heterocycles. The van der Waals surface area contributed by atoms with Crippen molar-refractivity contribution in [1.82, 2.24) is 9.78 Å². The van der Waals surface area contributed by atoms with Crippen molar-refractivity contribution in [1.29, 1.82) is 0 Å². The van der Waals surface area contributed by atoms with Gasteiger partial charge in [-0.3, -0.25) is 0 Å². The van der Waals surface area contributed by atoms with Gasteiger partial charge in [-0.25, -0.2) is 26.6 Å². The number of nitrogens with zero attached hydrogens (tertiary/aromatic N) is 2. The van der Waals surface area contributed by atoms with Gasteiger partial charge in [-0.1, -0.05) is 0 Å². The van der Waals surface area contributed by atoms with E-state index in [0.29, 0.717) is 16.8 Å². The average molecular weight is 263 g/mol. The summed E-state index contributed by atoms with van der Waals surface area (Å²) in [5, 5.41) is 3.47. The molecule has 1 aromatic carbocycles. The van der Waals surface area contributed by atoms with Crippen LogP contribution in [0.25, 0.3) is 5.69 Å². The van der Waals surface area contributed by atoms with Crippen LogP contribution in [0.5, 0.6) is 0 Å². The van der Waals surface area contributed by atoms with E-state index < -0.39 is 29.6 Å². The Morgan fingerprint density at radius 1 is 1.11 bits per heavy atom. The number of benzene rings is 1. The molecule has 0 unspecified atom stereocenters. The van der Waals surface area contributed by atoms with E-state index in [4.69, 9.17) is 5.73 Å². The highest BCUT2D eigenvalue weighted by atomic mass is 19.3. The van der Waals surface area contributed by atoms with Crippen LogP contribution in [-0.2, 0) is 0 Å². The molecule has 1 heterocycles. The fraction of sp³-hybridized carbons (Fsp3) is 0.100. The fourth-order valence-corrected chi connectivity index (χ4v) is 1.46. The lowest BCUT2D eigenvalue weighted by Gasteiger charge is -2.08. The molecule has 0 spiro atoms. The summed E-state index contributed by atoms with van der Waals surface area (Å²) in [6, 6.07) is 1.10. The maximum absolute atomic E-state index is 13.0. The standard InChI is InChI=1S/C10H6F5N3/c11-5-1-4(2-6(12)8(5)13)18-9(10(14)15)7(16)3-17-18/h1-3,10H,16H2. The number of aromatic nitrogens is 2. The van der Waals surface area contributed by atoms with Crippen LogP contribution in [0.2, 0.25) is 0 Å². The lowest BCUT2D eigenvalue weighted by molar-refractivity contribution is 0.143. The molecule has 0 fully saturated rings. The first-order valence-electron chi connectivity index (χ1n) is 4.68. The molecule has 0 radical (unpaired) electrons. The zero-order valence-corrected chi connectivity index (χ0v) is 8.67. The van der Waals surface area contributed by atoms with E-state index in [1.54, 1.807) is 0 Å². The maximum Gasteiger partial charge on any atom is 0.282 e. The van der Waals surface area contributed by atoms with Crippen molar-refractivity contribution < 1.29 is 22.0 Å². The van der Waals surface area contributed by atoms with E-state index >= 15 is 0 Å². The van der Waals surface area contributed by atoms with Crippen LogP contribution in [-0.4, -0.2) is 9.78 Å². The van der Waals surface area contributed by atoms with Gasteiger partial charge in [0.25, 0.3) is 6.43 Å². The molecule has 1 aromatic heterocycles. The minimum absolute atomic E-state index is 0.324. The topological polar surface area (TPSA) is 43.8 Å². The summed E-state index contributed by atoms with van der Waals surface area (Å²) in [5.74, 6) is -4.68. The van der Waals surface area contributed by atoms with E-state index in [-0.39, 0.29) is 11.4 Å².